The molecular weight excluding hydrogens is 481 g/mol. The lowest BCUT2D eigenvalue weighted by atomic mass is 10.0. The van der Waals surface area contributed by atoms with E-state index in [1.54, 1.807) is 32.9 Å². The Kier molecular flexibility index (Phi) is 9.32. The van der Waals surface area contributed by atoms with E-state index in [0.29, 0.717) is 11.1 Å². The van der Waals surface area contributed by atoms with Crippen molar-refractivity contribution in [3.8, 4) is 5.75 Å². The number of aromatic hydroxyl groups is 1. The van der Waals surface area contributed by atoms with Gasteiger partial charge in [-0.05, 0) is 56.2 Å². The molecule has 0 fully saturated rings. The molecule has 196 valence electrons. The third-order valence-corrected chi connectivity index (χ3v) is 4.91. The van der Waals surface area contributed by atoms with Gasteiger partial charge < -0.3 is 25.2 Å². The van der Waals surface area contributed by atoms with Gasteiger partial charge in [0.1, 0.15) is 23.4 Å². The van der Waals surface area contributed by atoms with Crippen LogP contribution in [-0.2, 0) is 38.1 Å². The van der Waals surface area contributed by atoms with Crippen LogP contribution in [0.5, 0.6) is 5.75 Å². The van der Waals surface area contributed by atoms with Crippen LogP contribution in [0.4, 0.5) is 18.0 Å². The second-order valence-corrected chi connectivity index (χ2v) is 9.05. The highest BCUT2D eigenvalue weighted by molar-refractivity contribution is 5.90. The fourth-order valence-corrected chi connectivity index (χ4v) is 3.20. The van der Waals surface area contributed by atoms with E-state index in [1.165, 1.54) is 24.3 Å². The lowest BCUT2D eigenvalue weighted by Crippen LogP contribution is -2.53. The predicted octanol–water partition coefficient (Wildman–Crippen LogP) is 3.75. The summed E-state index contributed by atoms with van der Waals surface area (Å²) in [6.07, 6.45) is -5.52. The average molecular weight is 511 g/mol. The summed E-state index contributed by atoms with van der Waals surface area (Å²) in [5.74, 6) is -1.54. The van der Waals surface area contributed by atoms with Crippen LogP contribution in [0.15, 0.2) is 48.5 Å². The van der Waals surface area contributed by atoms with E-state index in [1.807, 2.05) is 0 Å². The van der Waals surface area contributed by atoms with Gasteiger partial charge in [0.25, 0.3) is 0 Å². The van der Waals surface area contributed by atoms with Crippen molar-refractivity contribution in [1.82, 2.24) is 10.6 Å². The number of amides is 2. The van der Waals surface area contributed by atoms with E-state index in [-0.39, 0.29) is 18.6 Å². The van der Waals surface area contributed by atoms with E-state index < -0.39 is 47.4 Å². The van der Waals surface area contributed by atoms with Crippen molar-refractivity contribution in [2.45, 2.75) is 57.5 Å². The Morgan fingerprint density at radius 1 is 0.861 bits per heavy atom. The van der Waals surface area contributed by atoms with Crippen LogP contribution in [0.2, 0.25) is 0 Å². The van der Waals surface area contributed by atoms with Gasteiger partial charge in [-0.25, -0.2) is 9.59 Å². The van der Waals surface area contributed by atoms with Crippen molar-refractivity contribution in [2.75, 3.05) is 7.11 Å². The summed E-state index contributed by atoms with van der Waals surface area (Å²) < 4.78 is 48.5. The maximum absolute atomic E-state index is 13.1. The number of methoxy groups -OCH3 is 1. The van der Waals surface area contributed by atoms with E-state index in [4.69, 9.17) is 9.47 Å². The van der Waals surface area contributed by atoms with Crippen molar-refractivity contribution in [3.05, 3.63) is 65.2 Å². The van der Waals surface area contributed by atoms with Crippen LogP contribution >= 0.6 is 0 Å². The fraction of sp³-hybridized carbons (Fsp3) is 0.400. The Balaban J connectivity index is 2.23. The van der Waals surface area contributed by atoms with Gasteiger partial charge in [-0.3, -0.25) is 4.79 Å². The third kappa shape index (κ3) is 9.12. The number of carbonyl (C=O) groups is 3. The first-order chi connectivity index (χ1) is 16.7. The lowest BCUT2D eigenvalue weighted by Gasteiger charge is -2.25. The first kappa shape index (κ1) is 28.5. The van der Waals surface area contributed by atoms with E-state index in [9.17, 15) is 32.7 Å². The number of benzene rings is 2. The molecule has 0 aliphatic carbocycles. The number of halogens is 3. The van der Waals surface area contributed by atoms with Crippen molar-refractivity contribution < 1.29 is 42.1 Å². The molecule has 0 aliphatic heterocycles. The minimum Gasteiger partial charge on any atom is -0.508 e. The first-order valence-corrected chi connectivity index (χ1v) is 11.0. The van der Waals surface area contributed by atoms with Gasteiger partial charge in [0.2, 0.25) is 5.91 Å². The number of phenolic OH excluding ortho intramolecular Hbond substituents is 1. The number of hydrogen-bond donors (Lipinski definition) is 3. The summed E-state index contributed by atoms with van der Waals surface area (Å²) in [4.78, 5) is 37.8. The lowest BCUT2D eigenvalue weighted by molar-refractivity contribution is -0.145. The van der Waals surface area contributed by atoms with Crippen molar-refractivity contribution >= 4 is 18.0 Å². The Morgan fingerprint density at radius 2 is 1.36 bits per heavy atom. The summed E-state index contributed by atoms with van der Waals surface area (Å²) in [5, 5.41) is 14.5. The molecule has 2 amide bonds. The van der Waals surface area contributed by atoms with E-state index in [0.717, 1.165) is 19.2 Å². The number of alkyl halides is 3. The zero-order chi connectivity index (χ0) is 27.1. The van der Waals surface area contributed by atoms with Gasteiger partial charge in [-0.15, -0.1) is 0 Å². The molecule has 8 nitrogen and oxygen atoms in total. The molecule has 36 heavy (non-hydrogen) atoms. The van der Waals surface area contributed by atoms with Gasteiger partial charge in [0.15, 0.2) is 0 Å². The SMILES string of the molecule is COC(=O)[C@H](Cc1ccc(C(F)(F)F)cc1)NC(=O)C(Cc1ccc(O)cc1)NC(=O)OC(C)(C)C. The van der Waals surface area contributed by atoms with Crippen LogP contribution < -0.4 is 10.6 Å². The molecule has 0 heterocycles. The quantitative estimate of drug-likeness (QED) is 0.466. The minimum absolute atomic E-state index is 0.000468. The highest BCUT2D eigenvalue weighted by Gasteiger charge is 2.31. The number of esters is 1. The summed E-state index contributed by atoms with van der Waals surface area (Å²) in [6.45, 7) is 4.96. The number of phenols is 1. The summed E-state index contributed by atoms with van der Waals surface area (Å²) in [6, 6.07) is 7.71. The number of nitrogens with one attached hydrogen (secondary N) is 2. The second-order valence-electron chi connectivity index (χ2n) is 9.05. The summed E-state index contributed by atoms with van der Waals surface area (Å²) in [5.41, 5.74) is -0.725. The second kappa shape index (κ2) is 11.8. The van der Waals surface area contributed by atoms with Crippen LogP contribution in [0.3, 0.4) is 0 Å². The maximum atomic E-state index is 13.1. The number of rotatable bonds is 8. The van der Waals surface area contributed by atoms with E-state index >= 15 is 0 Å². The minimum atomic E-state index is -4.51. The zero-order valence-electron chi connectivity index (χ0n) is 20.3. The molecule has 0 saturated carbocycles. The van der Waals surface area contributed by atoms with Crippen LogP contribution in [0, 0.1) is 0 Å². The molecule has 3 N–H and O–H groups in total. The first-order valence-electron chi connectivity index (χ1n) is 11.0. The van der Waals surface area contributed by atoms with Crippen LogP contribution in [-0.4, -0.2) is 47.9 Å². The van der Waals surface area contributed by atoms with Crippen molar-refractivity contribution in [1.29, 1.82) is 0 Å². The van der Waals surface area contributed by atoms with Crippen molar-refractivity contribution in [3.63, 3.8) is 0 Å². The normalized spacial score (nSPS) is 13.3. The molecule has 0 aromatic heterocycles. The van der Waals surface area contributed by atoms with Crippen LogP contribution in [0.25, 0.3) is 0 Å². The summed E-state index contributed by atoms with van der Waals surface area (Å²) >= 11 is 0. The molecule has 2 atom stereocenters. The van der Waals surface area contributed by atoms with Gasteiger partial charge >= 0.3 is 18.2 Å². The number of ether oxygens (including phenoxy) is 2. The summed E-state index contributed by atoms with van der Waals surface area (Å²) in [7, 11) is 1.11. The molecule has 0 bridgehead atoms. The standard InChI is InChI=1S/C25H29F3N2O6/c1-24(2,3)36-23(34)30-19(13-16-7-11-18(31)12-8-16)21(32)29-20(22(33)35-4)14-15-5-9-17(10-6-15)25(26,27)28/h5-12,19-20,31H,13-14H2,1-4H3,(H,29,32)(H,30,34)/t19?,20-/m0/s1. The average Bonchev–Trinajstić information content (AvgIpc) is 2.77. The molecule has 0 radical (unpaired) electrons. The monoisotopic (exact) mass is 510 g/mol. The molecule has 2 aromatic carbocycles. The van der Waals surface area contributed by atoms with Crippen LogP contribution in [0.1, 0.15) is 37.5 Å². The highest BCUT2D eigenvalue weighted by Crippen LogP contribution is 2.29. The number of alkyl carbamates (subject to hydrolysis) is 1. The Labute approximate surface area is 206 Å². The highest BCUT2D eigenvalue weighted by atomic mass is 19.4. The molecule has 1 unspecified atom stereocenters. The Bertz CT molecular complexity index is 1050. The molecule has 0 saturated heterocycles. The van der Waals surface area contributed by atoms with Gasteiger partial charge in [0.05, 0.1) is 12.7 Å². The molecule has 2 aromatic rings. The predicted molar refractivity (Wildman–Crippen MR) is 124 cm³/mol. The van der Waals surface area contributed by atoms with Gasteiger partial charge in [0, 0.05) is 12.8 Å². The Morgan fingerprint density at radius 3 is 1.83 bits per heavy atom. The molecule has 0 spiro atoms. The van der Waals surface area contributed by atoms with E-state index in [2.05, 4.69) is 10.6 Å². The third-order valence-electron chi connectivity index (χ3n) is 4.91. The molecule has 2 rings (SSSR count). The van der Waals surface area contributed by atoms with Gasteiger partial charge in [-0.2, -0.15) is 13.2 Å². The topological polar surface area (TPSA) is 114 Å². The fourth-order valence-electron chi connectivity index (χ4n) is 3.20. The Hall–Kier alpha value is -3.76. The smallest absolute Gasteiger partial charge is 0.416 e. The molecular formula is C25H29F3N2O6. The number of hydrogen-bond acceptors (Lipinski definition) is 6. The largest absolute Gasteiger partial charge is 0.508 e. The maximum Gasteiger partial charge on any atom is 0.416 e. The van der Waals surface area contributed by atoms with Crippen molar-refractivity contribution in [2.24, 2.45) is 0 Å². The molecule has 11 heteroatoms. The zero-order valence-corrected chi connectivity index (χ0v) is 20.3. The number of carbonyl (C=O) groups excluding carboxylic acids is 3. The molecule has 0 aliphatic rings. The van der Waals surface area contributed by atoms with Gasteiger partial charge in [-0.1, -0.05) is 24.3 Å².